The van der Waals surface area contributed by atoms with Gasteiger partial charge < -0.3 is 21.5 Å². The number of carboxylic acid groups (broad SMARTS) is 1. The summed E-state index contributed by atoms with van der Waals surface area (Å²) < 4.78 is 0. The van der Waals surface area contributed by atoms with Crippen molar-refractivity contribution in [3.05, 3.63) is 0 Å². The molecule has 0 radical (unpaired) electrons. The van der Waals surface area contributed by atoms with Gasteiger partial charge in [0.25, 0.3) is 0 Å². The third kappa shape index (κ3) is 6.12. The van der Waals surface area contributed by atoms with Crippen LogP contribution in [0.4, 0.5) is 0 Å². The largest absolute Gasteiger partial charge is 0.480 e. The Balaban J connectivity index is 4.81. The van der Waals surface area contributed by atoms with Crippen molar-refractivity contribution in [3.8, 4) is 0 Å². The van der Waals surface area contributed by atoms with E-state index < -0.39 is 35.9 Å². The molecule has 0 aromatic carbocycles. The molecule has 0 bridgehead atoms. The topological polar surface area (TPSA) is 122 Å². The lowest BCUT2D eigenvalue weighted by Crippen LogP contribution is -2.56. The van der Waals surface area contributed by atoms with E-state index in [0.717, 1.165) is 6.42 Å². The van der Waals surface area contributed by atoms with Gasteiger partial charge in [0.15, 0.2) is 0 Å². The normalized spacial score (nSPS) is 16.7. The van der Waals surface area contributed by atoms with Gasteiger partial charge in [-0.25, -0.2) is 0 Å². The highest BCUT2D eigenvalue weighted by Gasteiger charge is 2.29. The van der Waals surface area contributed by atoms with E-state index in [2.05, 4.69) is 10.6 Å². The first-order chi connectivity index (χ1) is 9.61. The van der Waals surface area contributed by atoms with Crippen molar-refractivity contribution in [1.29, 1.82) is 0 Å². The van der Waals surface area contributed by atoms with E-state index in [1.807, 2.05) is 13.8 Å². The van der Waals surface area contributed by atoms with Crippen molar-refractivity contribution < 1.29 is 19.5 Å². The van der Waals surface area contributed by atoms with Gasteiger partial charge in [0.05, 0.1) is 6.04 Å². The highest BCUT2D eigenvalue weighted by Crippen LogP contribution is 2.08. The Morgan fingerprint density at radius 2 is 1.57 bits per heavy atom. The van der Waals surface area contributed by atoms with Gasteiger partial charge in [-0.15, -0.1) is 0 Å². The van der Waals surface area contributed by atoms with Crippen LogP contribution in [-0.2, 0) is 14.4 Å². The van der Waals surface area contributed by atoms with Crippen LogP contribution in [0.1, 0.15) is 41.0 Å². The number of hydrogen-bond donors (Lipinski definition) is 4. The van der Waals surface area contributed by atoms with Gasteiger partial charge in [0, 0.05) is 0 Å². The molecule has 7 nitrogen and oxygen atoms in total. The predicted octanol–water partition coefficient (Wildman–Crippen LogP) is 0.0899. The van der Waals surface area contributed by atoms with Gasteiger partial charge in [-0.05, 0) is 18.8 Å². The van der Waals surface area contributed by atoms with E-state index in [-0.39, 0.29) is 11.8 Å². The zero-order valence-corrected chi connectivity index (χ0v) is 13.3. The van der Waals surface area contributed by atoms with Crippen molar-refractivity contribution in [3.63, 3.8) is 0 Å². The van der Waals surface area contributed by atoms with Gasteiger partial charge in [-0.2, -0.15) is 0 Å². The van der Waals surface area contributed by atoms with E-state index >= 15 is 0 Å². The van der Waals surface area contributed by atoms with Crippen LogP contribution < -0.4 is 16.4 Å². The second kappa shape index (κ2) is 8.61. The Kier molecular flexibility index (Phi) is 7.94. The summed E-state index contributed by atoms with van der Waals surface area (Å²) in [5.41, 5.74) is 5.83. The molecule has 0 aromatic heterocycles. The summed E-state index contributed by atoms with van der Waals surface area (Å²) >= 11 is 0. The lowest BCUT2D eigenvalue weighted by atomic mass is 9.97. The zero-order valence-electron chi connectivity index (χ0n) is 13.3. The number of carbonyl (C=O) groups is 3. The summed E-state index contributed by atoms with van der Waals surface area (Å²) in [5, 5.41) is 13.8. The molecule has 5 N–H and O–H groups in total. The Bertz CT molecular complexity index is 384. The molecular weight excluding hydrogens is 274 g/mol. The third-order valence-electron chi connectivity index (χ3n) is 3.54. The van der Waals surface area contributed by atoms with Crippen LogP contribution in [0.2, 0.25) is 0 Å². The number of amides is 2. The molecule has 0 heterocycles. The van der Waals surface area contributed by atoms with E-state index in [1.54, 1.807) is 13.8 Å². The fraction of sp³-hybridized carbons (Fsp3) is 0.786. The molecule has 0 spiro atoms. The summed E-state index contributed by atoms with van der Waals surface area (Å²) in [6.45, 7) is 8.69. The van der Waals surface area contributed by atoms with Crippen LogP contribution >= 0.6 is 0 Å². The lowest BCUT2D eigenvalue weighted by Gasteiger charge is -2.26. The fourth-order valence-corrected chi connectivity index (χ4v) is 1.66. The molecule has 4 atom stereocenters. The minimum atomic E-state index is -1.13. The van der Waals surface area contributed by atoms with Crippen molar-refractivity contribution in [2.24, 2.45) is 17.6 Å². The Labute approximate surface area is 125 Å². The second-order valence-corrected chi connectivity index (χ2v) is 5.71. The maximum absolute atomic E-state index is 12.1. The lowest BCUT2D eigenvalue weighted by molar-refractivity contribution is -0.142. The number of aliphatic carboxylic acids is 1. The first kappa shape index (κ1) is 19.4. The maximum atomic E-state index is 12.1. The Hall–Kier alpha value is -1.63. The minimum absolute atomic E-state index is 0.00110. The van der Waals surface area contributed by atoms with Gasteiger partial charge >= 0.3 is 5.97 Å². The summed E-state index contributed by atoms with van der Waals surface area (Å²) in [6.07, 6.45) is 0.753. The third-order valence-corrected chi connectivity index (χ3v) is 3.54. The molecule has 2 amide bonds. The van der Waals surface area contributed by atoms with E-state index in [4.69, 9.17) is 10.8 Å². The number of carbonyl (C=O) groups excluding carboxylic acids is 2. The Morgan fingerprint density at radius 1 is 1.05 bits per heavy atom. The van der Waals surface area contributed by atoms with Gasteiger partial charge in [0.1, 0.15) is 12.1 Å². The van der Waals surface area contributed by atoms with E-state index in [9.17, 15) is 14.4 Å². The predicted molar refractivity (Wildman–Crippen MR) is 79.4 cm³/mol. The van der Waals surface area contributed by atoms with Gasteiger partial charge in [-0.1, -0.05) is 34.1 Å². The molecule has 0 fully saturated rings. The molecule has 0 aliphatic heterocycles. The van der Waals surface area contributed by atoms with Crippen LogP contribution in [0.3, 0.4) is 0 Å². The summed E-state index contributed by atoms with van der Waals surface area (Å²) in [4.78, 5) is 34.9. The highest BCUT2D eigenvalue weighted by atomic mass is 16.4. The smallest absolute Gasteiger partial charge is 0.325 e. The number of nitrogens with two attached hydrogens (primary N) is 1. The molecule has 0 saturated carbocycles. The van der Waals surface area contributed by atoms with Crippen LogP contribution in [0.25, 0.3) is 0 Å². The average Bonchev–Trinajstić information content (AvgIpc) is 2.41. The van der Waals surface area contributed by atoms with Crippen molar-refractivity contribution in [2.45, 2.75) is 59.2 Å². The van der Waals surface area contributed by atoms with E-state index in [1.165, 1.54) is 6.92 Å². The molecule has 0 aliphatic rings. The summed E-state index contributed by atoms with van der Waals surface area (Å²) in [6, 6.07) is -2.52. The van der Waals surface area contributed by atoms with Crippen LogP contribution in [0.15, 0.2) is 0 Å². The minimum Gasteiger partial charge on any atom is -0.480 e. The molecular formula is C14H27N3O4. The molecule has 7 heteroatoms. The highest BCUT2D eigenvalue weighted by molar-refractivity contribution is 5.91. The molecule has 0 saturated heterocycles. The number of carboxylic acids is 1. The van der Waals surface area contributed by atoms with Crippen molar-refractivity contribution in [1.82, 2.24) is 10.6 Å². The SMILES string of the molecule is CCC(C)C(N)C(=O)NC(C(=O)NC(C)C(=O)O)C(C)C. The van der Waals surface area contributed by atoms with Crippen LogP contribution in [0.5, 0.6) is 0 Å². The standard InChI is InChI=1S/C14H27N3O4/c1-6-8(4)10(15)12(18)17-11(7(2)3)13(19)16-9(5)14(20)21/h7-11H,6,15H2,1-5H3,(H,16,19)(H,17,18)(H,20,21). The Morgan fingerprint density at radius 3 is 1.95 bits per heavy atom. The number of nitrogens with one attached hydrogen (secondary N) is 2. The molecule has 21 heavy (non-hydrogen) atoms. The van der Waals surface area contributed by atoms with Gasteiger partial charge in [0.2, 0.25) is 11.8 Å². The summed E-state index contributed by atoms with van der Waals surface area (Å²) in [5.74, 6) is -2.24. The number of rotatable bonds is 8. The second-order valence-electron chi connectivity index (χ2n) is 5.71. The van der Waals surface area contributed by atoms with Crippen molar-refractivity contribution >= 4 is 17.8 Å². The quantitative estimate of drug-likeness (QED) is 0.506. The average molecular weight is 301 g/mol. The summed E-state index contributed by atoms with van der Waals surface area (Å²) in [7, 11) is 0. The van der Waals surface area contributed by atoms with E-state index in [0.29, 0.717) is 0 Å². The first-order valence-electron chi connectivity index (χ1n) is 7.20. The van der Waals surface area contributed by atoms with Crippen LogP contribution in [-0.4, -0.2) is 41.0 Å². The fourth-order valence-electron chi connectivity index (χ4n) is 1.66. The van der Waals surface area contributed by atoms with Crippen molar-refractivity contribution in [2.75, 3.05) is 0 Å². The first-order valence-corrected chi connectivity index (χ1v) is 7.20. The zero-order chi connectivity index (χ0) is 16.7. The monoisotopic (exact) mass is 301 g/mol. The maximum Gasteiger partial charge on any atom is 0.325 e. The van der Waals surface area contributed by atoms with Gasteiger partial charge in [-0.3, -0.25) is 14.4 Å². The molecule has 0 aromatic rings. The molecule has 0 aliphatic carbocycles. The van der Waals surface area contributed by atoms with Crippen LogP contribution in [0, 0.1) is 11.8 Å². The molecule has 4 unspecified atom stereocenters. The molecule has 0 rings (SSSR count). The number of hydrogen-bond acceptors (Lipinski definition) is 4. The molecule has 122 valence electrons.